The zero-order chi connectivity index (χ0) is 19.6. The molecule has 1 N–H and O–H groups in total. The van der Waals surface area contributed by atoms with Gasteiger partial charge in [0.25, 0.3) is 0 Å². The number of carbonyl (C=O) groups is 1. The SMILES string of the molecule is CCn1c(=O)n(CCC(=O)NCC2(c3ccccc3)CCC2)c2ccccc21. The van der Waals surface area contributed by atoms with Gasteiger partial charge in [-0.05, 0) is 37.5 Å². The van der Waals surface area contributed by atoms with E-state index < -0.39 is 0 Å². The van der Waals surface area contributed by atoms with Crippen LogP contribution in [0.3, 0.4) is 0 Å². The second-order valence-corrected chi connectivity index (χ2v) is 7.69. The number of amides is 1. The number of hydrogen-bond acceptors (Lipinski definition) is 2. The maximum atomic E-state index is 12.7. The Morgan fingerprint density at radius 1 is 1.00 bits per heavy atom. The number of fused-ring (bicyclic) bond motifs is 1. The lowest BCUT2D eigenvalue weighted by molar-refractivity contribution is -0.121. The first-order chi connectivity index (χ1) is 13.6. The monoisotopic (exact) mass is 377 g/mol. The second-order valence-electron chi connectivity index (χ2n) is 7.69. The minimum Gasteiger partial charge on any atom is -0.355 e. The normalized spacial score (nSPS) is 15.3. The number of nitrogens with zero attached hydrogens (tertiary/aromatic N) is 2. The maximum Gasteiger partial charge on any atom is 0.329 e. The number of carbonyl (C=O) groups excluding carboxylic acids is 1. The Kier molecular flexibility index (Phi) is 5.07. The van der Waals surface area contributed by atoms with Crippen molar-refractivity contribution >= 4 is 16.9 Å². The molecule has 3 aromatic rings. The van der Waals surface area contributed by atoms with Gasteiger partial charge in [0.05, 0.1) is 11.0 Å². The molecule has 2 aromatic carbocycles. The van der Waals surface area contributed by atoms with Gasteiger partial charge in [-0.1, -0.05) is 48.9 Å². The number of imidazole rings is 1. The highest BCUT2D eigenvalue weighted by molar-refractivity contribution is 5.78. The van der Waals surface area contributed by atoms with Crippen LogP contribution < -0.4 is 11.0 Å². The summed E-state index contributed by atoms with van der Waals surface area (Å²) in [5.74, 6) is 0.00226. The molecule has 146 valence electrons. The van der Waals surface area contributed by atoms with Crippen LogP contribution in [0.5, 0.6) is 0 Å². The van der Waals surface area contributed by atoms with Crippen LogP contribution >= 0.6 is 0 Å². The van der Waals surface area contributed by atoms with Crippen molar-refractivity contribution in [3.8, 4) is 0 Å². The topological polar surface area (TPSA) is 56.0 Å². The molecule has 0 aliphatic heterocycles. The largest absolute Gasteiger partial charge is 0.355 e. The fourth-order valence-corrected chi connectivity index (χ4v) is 4.33. The minimum atomic E-state index is -0.0451. The molecule has 1 aromatic heterocycles. The predicted molar refractivity (Wildman–Crippen MR) is 111 cm³/mol. The lowest BCUT2D eigenvalue weighted by Crippen LogP contribution is -2.45. The summed E-state index contributed by atoms with van der Waals surface area (Å²) < 4.78 is 3.47. The molecule has 1 saturated carbocycles. The Morgan fingerprint density at radius 3 is 2.25 bits per heavy atom. The lowest BCUT2D eigenvalue weighted by Gasteiger charge is -2.42. The Balaban J connectivity index is 1.42. The molecule has 0 saturated heterocycles. The number of aromatic nitrogens is 2. The summed E-state index contributed by atoms with van der Waals surface area (Å²) in [5, 5.41) is 3.12. The van der Waals surface area contributed by atoms with Crippen LogP contribution in [-0.4, -0.2) is 21.6 Å². The van der Waals surface area contributed by atoms with Gasteiger partial charge >= 0.3 is 5.69 Å². The second kappa shape index (κ2) is 7.66. The van der Waals surface area contributed by atoms with Crippen molar-refractivity contribution in [1.29, 1.82) is 0 Å². The average Bonchev–Trinajstić information content (AvgIpc) is 2.97. The highest BCUT2D eigenvalue weighted by atomic mass is 16.2. The zero-order valence-corrected chi connectivity index (χ0v) is 16.4. The first kappa shape index (κ1) is 18.5. The molecule has 5 heteroatoms. The van der Waals surface area contributed by atoms with Crippen LogP contribution in [0.15, 0.2) is 59.4 Å². The van der Waals surface area contributed by atoms with Crippen molar-refractivity contribution in [2.24, 2.45) is 0 Å². The lowest BCUT2D eigenvalue weighted by atomic mass is 9.64. The number of nitrogens with one attached hydrogen (secondary N) is 1. The van der Waals surface area contributed by atoms with Crippen LogP contribution in [0.2, 0.25) is 0 Å². The van der Waals surface area contributed by atoms with E-state index in [1.165, 1.54) is 12.0 Å². The van der Waals surface area contributed by atoms with Gasteiger partial charge in [-0.3, -0.25) is 13.9 Å². The van der Waals surface area contributed by atoms with Gasteiger partial charge in [0.15, 0.2) is 0 Å². The Hall–Kier alpha value is -2.82. The van der Waals surface area contributed by atoms with E-state index >= 15 is 0 Å². The molecular weight excluding hydrogens is 350 g/mol. The third-order valence-electron chi connectivity index (χ3n) is 6.12. The first-order valence-electron chi connectivity index (χ1n) is 10.1. The molecule has 1 amide bonds. The summed E-state index contributed by atoms with van der Waals surface area (Å²) in [6, 6.07) is 18.2. The van der Waals surface area contributed by atoms with Gasteiger partial charge in [-0.15, -0.1) is 0 Å². The molecular formula is C23H27N3O2. The summed E-state index contributed by atoms with van der Waals surface area (Å²) in [5.41, 5.74) is 3.15. The molecule has 0 spiro atoms. The number of para-hydroxylation sites is 2. The molecule has 0 unspecified atom stereocenters. The smallest absolute Gasteiger partial charge is 0.329 e. The van der Waals surface area contributed by atoms with Crippen molar-refractivity contribution in [2.45, 2.75) is 51.1 Å². The van der Waals surface area contributed by atoms with E-state index in [4.69, 9.17) is 0 Å². The van der Waals surface area contributed by atoms with Gasteiger partial charge in [0, 0.05) is 31.5 Å². The van der Waals surface area contributed by atoms with Gasteiger partial charge in [0.1, 0.15) is 0 Å². The molecule has 28 heavy (non-hydrogen) atoms. The van der Waals surface area contributed by atoms with E-state index in [0.717, 1.165) is 23.9 Å². The fourth-order valence-electron chi connectivity index (χ4n) is 4.33. The molecule has 1 heterocycles. The number of rotatable bonds is 7. The molecule has 0 atom stereocenters. The van der Waals surface area contributed by atoms with Crippen LogP contribution in [-0.2, 0) is 23.3 Å². The fraction of sp³-hybridized carbons (Fsp3) is 0.391. The summed E-state index contributed by atoms with van der Waals surface area (Å²) in [6.07, 6.45) is 3.74. The Labute approximate surface area is 165 Å². The minimum absolute atomic E-state index is 0.00226. The number of benzene rings is 2. The van der Waals surface area contributed by atoms with Gasteiger partial charge in [0.2, 0.25) is 5.91 Å². The predicted octanol–water partition coefficient (Wildman–Crippen LogP) is 3.45. The van der Waals surface area contributed by atoms with E-state index in [0.29, 0.717) is 26.1 Å². The van der Waals surface area contributed by atoms with Crippen molar-refractivity contribution in [2.75, 3.05) is 6.54 Å². The van der Waals surface area contributed by atoms with Crippen molar-refractivity contribution in [1.82, 2.24) is 14.5 Å². The van der Waals surface area contributed by atoms with Gasteiger partial charge < -0.3 is 5.32 Å². The van der Waals surface area contributed by atoms with E-state index in [2.05, 4.69) is 29.6 Å². The Bertz CT molecular complexity index is 1030. The van der Waals surface area contributed by atoms with Crippen LogP contribution in [0.25, 0.3) is 11.0 Å². The summed E-state index contributed by atoms with van der Waals surface area (Å²) in [4.78, 5) is 25.2. The molecule has 5 nitrogen and oxygen atoms in total. The third-order valence-corrected chi connectivity index (χ3v) is 6.12. The maximum absolute atomic E-state index is 12.7. The van der Waals surface area contributed by atoms with Crippen molar-refractivity contribution in [3.05, 3.63) is 70.6 Å². The summed E-state index contributed by atoms with van der Waals surface area (Å²) in [7, 11) is 0. The third kappa shape index (κ3) is 3.26. The highest BCUT2D eigenvalue weighted by Crippen LogP contribution is 2.43. The van der Waals surface area contributed by atoms with Crippen LogP contribution in [0.1, 0.15) is 38.2 Å². The zero-order valence-electron chi connectivity index (χ0n) is 16.4. The summed E-state index contributed by atoms with van der Waals surface area (Å²) in [6.45, 7) is 3.66. The van der Waals surface area contributed by atoms with E-state index in [-0.39, 0.29) is 17.0 Å². The molecule has 1 fully saturated rings. The molecule has 0 bridgehead atoms. The average molecular weight is 377 g/mol. The van der Waals surface area contributed by atoms with E-state index in [1.54, 1.807) is 9.13 Å². The van der Waals surface area contributed by atoms with Crippen molar-refractivity contribution < 1.29 is 4.79 Å². The molecule has 4 rings (SSSR count). The Morgan fingerprint density at radius 2 is 1.64 bits per heavy atom. The molecule has 1 aliphatic rings. The molecule has 0 radical (unpaired) electrons. The highest BCUT2D eigenvalue weighted by Gasteiger charge is 2.38. The van der Waals surface area contributed by atoms with Crippen LogP contribution in [0.4, 0.5) is 0 Å². The van der Waals surface area contributed by atoms with Crippen molar-refractivity contribution in [3.63, 3.8) is 0 Å². The van der Waals surface area contributed by atoms with E-state index in [9.17, 15) is 9.59 Å². The molecule has 1 aliphatic carbocycles. The first-order valence-corrected chi connectivity index (χ1v) is 10.1. The summed E-state index contributed by atoms with van der Waals surface area (Å²) >= 11 is 0. The van der Waals surface area contributed by atoms with Gasteiger partial charge in [-0.25, -0.2) is 4.79 Å². The van der Waals surface area contributed by atoms with Crippen LogP contribution in [0, 0.1) is 0 Å². The standard InChI is InChI=1S/C23H27N3O2/c1-2-25-19-11-6-7-12-20(19)26(22(25)28)16-13-21(27)24-17-23(14-8-15-23)18-9-4-3-5-10-18/h3-7,9-12H,2,8,13-17H2,1H3,(H,24,27). The quantitative estimate of drug-likeness (QED) is 0.686. The number of aryl methyl sites for hydroxylation is 2. The van der Waals surface area contributed by atoms with E-state index in [1.807, 2.05) is 37.3 Å². The number of hydrogen-bond donors (Lipinski definition) is 1. The van der Waals surface area contributed by atoms with Gasteiger partial charge in [-0.2, -0.15) is 0 Å².